The Labute approximate surface area is 130 Å². The van der Waals surface area contributed by atoms with Crippen LogP contribution in [-0.2, 0) is 25.7 Å². The predicted molar refractivity (Wildman–Crippen MR) is 82.1 cm³/mol. The first-order chi connectivity index (χ1) is 10.7. The number of Topliss-reactive ketones (excluding diaryl/α,β-unsaturated/α-hetero) is 2. The molecule has 0 saturated heterocycles. The second-order valence-electron chi connectivity index (χ2n) is 5.79. The van der Waals surface area contributed by atoms with Crippen LogP contribution in [0.25, 0.3) is 0 Å². The van der Waals surface area contributed by atoms with E-state index in [9.17, 15) is 14.4 Å². The summed E-state index contributed by atoms with van der Waals surface area (Å²) in [7, 11) is 0. The molecule has 0 radical (unpaired) electrons. The zero-order valence-electron chi connectivity index (χ0n) is 12.8. The first-order valence-electron chi connectivity index (χ1n) is 7.93. The van der Waals surface area contributed by atoms with Gasteiger partial charge < -0.3 is 4.74 Å². The van der Waals surface area contributed by atoms with Crippen LogP contribution in [0.3, 0.4) is 0 Å². The molecule has 0 unspecified atom stereocenters. The van der Waals surface area contributed by atoms with Gasteiger partial charge in [-0.2, -0.15) is 0 Å². The summed E-state index contributed by atoms with van der Waals surface area (Å²) in [6.07, 6.45) is 5.32. The van der Waals surface area contributed by atoms with Gasteiger partial charge >= 0.3 is 5.97 Å². The molecule has 4 nitrogen and oxygen atoms in total. The highest BCUT2D eigenvalue weighted by atomic mass is 16.5. The Bertz CT molecular complexity index is 515. The normalized spacial score (nSPS) is 15.3. The van der Waals surface area contributed by atoms with Gasteiger partial charge in [-0.25, -0.2) is 4.79 Å². The number of carbonyl (C=O) groups is 3. The van der Waals surface area contributed by atoms with Crippen LogP contribution in [0.15, 0.2) is 30.3 Å². The molecule has 1 aliphatic carbocycles. The van der Waals surface area contributed by atoms with Gasteiger partial charge in [0.1, 0.15) is 12.4 Å². The molecule has 0 aromatic heterocycles. The second kappa shape index (κ2) is 8.47. The van der Waals surface area contributed by atoms with E-state index in [-0.39, 0.29) is 31.1 Å². The number of rotatable bonds is 7. The molecule has 1 fully saturated rings. The Morgan fingerprint density at radius 1 is 0.955 bits per heavy atom. The van der Waals surface area contributed by atoms with E-state index in [0.717, 1.165) is 31.2 Å². The van der Waals surface area contributed by atoms with Gasteiger partial charge in [-0.1, -0.05) is 49.6 Å². The van der Waals surface area contributed by atoms with Gasteiger partial charge in [-0.15, -0.1) is 0 Å². The highest BCUT2D eigenvalue weighted by Gasteiger charge is 2.23. The molecule has 0 aliphatic heterocycles. The monoisotopic (exact) mass is 302 g/mol. The van der Waals surface area contributed by atoms with E-state index in [1.165, 1.54) is 6.42 Å². The standard InChI is InChI=1S/C18H22O4/c19-16(15-9-5-2-6-10-15)11-12-17(20)18(21)22-13-14-7-3-1-4-8-14/h1,3-4,7-8,15H,2,5-6,9-13H2. The number of ether oxygens (including phenoxy) is 1. The fourth-order valence-electron chi connectivity index (χ4n) is 2.77. The summed E-state index contributed by atoms with van der Waals surface area (Å²) in [4.78, 5) is 35.3. The molecule has 22 heavy (non-hydrogen) atoms. The molecule has 1 aromatic carbocycles. The summed E-state index contributed by atoms with van der Waals surface area (Å²) in [6.45, 7) is 0.0853. The van der Waals surface area contributed by atoms with Crippen LogP contribution in [0, 0.1) is 5.92 Å². The molecule has 4 heteroatoms. The number of hydrogen-bond acceptors (Lipinski definition) is 4. The van der Waals surface area contributed by atoms with E-state index in [4.69, 9.17) is 4.74 Å². The van der Waals surface area contributed by atoms with Crippen molar-refractivity contribution in [1.82, 2.24) is 0 Å². The number of hydrogen-bond donors (Lipinski definition) is 0. The van der Waals surface area contributed by atoms with Gasteiger partial charge in [0.15, 0.2) is 0 Å². The molecular weight excluding hydrogens is 280 g/mol. The van der Waals surface area contributed by atoms with Crippen LogP contribution in [0.2, 0.25) is 0 Å². The van der Waals surface area contributed by atoms with Gasteiger partial charge in [-0.3, -0.25) is 9.59 Å². The Kier molecular flexibility index (Phi) is 6.31. The van der Waals surface area contributed by atoms with Crippen molar-refractivity contribution in [2.24, 2.45) is 5.92 Å². The number of benzene rings is 1. The van der Waals surface area contributed by atoms with Crippen molar-refractivity contribution in [2.75, 3.05) is 0 Å². The molecule has 0 heterocycles. The zero-order chi connectivity index (χ0) is 15.8. The fourth-order valence-corrected chi connectivity index (χ4v) is 2.77. The van der Waals surface area contributed by atoms with Crippen molar-refractivity contribution in [2.45, 2.75) is 51.6 Å². The second-order valence-corrected chi connectivity index (χ2v) is 5.79. The van der Waals surface area contributed by atoms with E-state index in [2.05, 4.69) is 0 Å². The Morgan fingerprint density at radius 3 is 2.32 bits per heavy atom. The van der Waals surface area contributed by atoms with Gasteiger partial charge in [0.25, 0.3) is 0 Å². The number of carbonyl (C=O) groups excluding carboxylic acids is 3. The maximum atomic E-state index is 12.0. The number of esters is 1. The zero-order valence-corrected chi connectivity index (χ0v) is 12.8. The largest absolute Gasteiger partial charge is 0.455 e. The molecule has 0 bridgehead atoms. The maximum Gasteiger partial charge on any atom is 0.374 e. The van der Waals surface area contributed by atoms with E-state index >= 15 is 0 Å². The third kappa shape index (κ3) is 5.10. The third-order valence-corrected chi connectivity index (χ3v) is 4.10. The molecular formula is C18H22O4. The quantitative estimate of drug-likeness (QED) is 0.573. The molecule has 1 saturated carbocycles. The van der Waals surface area contributed by atoms with E-state index in [0.29, 0.717) is 0 Å². The first-order valence-corrected chi connectivity index (χ1v) is 7.93. The van der Waals surface area contributed by atoms with Crippen molar-refractivity contribution in [3.8, 4) is 0 Å². The summed E-state index contributed by atoms with van der Waals surface area (Å²) in [5, 5.41) is 0. The van der Waals surface area contributed by atoms with Crippen LogP contribution in [0.1, 0.15) is 50.5 Å². The summed E-state index contributed by atoms with van der Waals surface area (Å²) < 4.78 is 4.97. The Balaban J connectivity index is 1.69. The lowest BCUT2D eigenvalue weighted by Gasteiger charge is -2.19. The lowest BCUT2D eigenvalue weighted by Crippen LogP contribution is -2.22. The Morgan fingerprint density at radius 2 is 1.64 bits per heavy atom. The lowest BCUT2D eigenvalue weighted by molar-refractivity contribution is -0.155. The SMILES string of the molecule is O=C(CCC(=O)C1CCCCC1)C(=O)OCc1ccccc1. The average Bonchev–Trinajstić information content (AvgIpc) is 2.58. The highest BCUT2D eigenvalue weighted by molar-refractivity contribution is 6.33. The first kappa shape index (κ1) is 16.4. The average molecular weight is 302 g/mol. The molecule has 0 amide bonds. The van der Waals surface area contributed by atoms with Gasteiger partial charge in [0.05, 0.1) is 0 Å². The minimum Gasteiger partial charge on any atom is -0.455 e. The van der Waals surface area contributed by atoms with Crippen molar-refractivity contribution in [3.05, 3.63) is 35.9 Å². The Hall–Kier alpha value is -1.97. The fraction of sp³-hybridized carbons (Fsp3) is 0.500. The van der Waals surface area contributed by atoms with Crippen molar-refractivity contribution >= 4 is 17.5 Å². The lowest BCUT2D eigenvalue weighted by atomic mass is 9.84. The van der Waals surface area contributed by atoms with Crippen molar-refractivity contribution in [3.63, 3.8) is 0 Å². The van der Waals surface area contributed by atoms with Gasteiger partial charge in [0, 0.05) is 18.8 Å². The van der Waals surface area contributed by atoms with E-state index in [1.54, 1.807) is 0 Å². The van der Waals surface area contributed by atoms with Gasteiger partial charge in [0.2, 0.25) is 5.78 Å². The van der Waals surface area contributed by atoms with Crippen molar-refractivity contribution in [1.29, 1.82) is 0 Å². The van der Waals surface area contributed by atoms with Crippen LogP contribution >= 0.6 is 0 Å². The predicted octanol–water partition coefficient (Wildman–Crippen LogP) is 3.23. The van der Waals surface area contributed by atoms with Crippen LogP contribution in [0.5, 0.6) is 0 Å². The van der Waals surface area contributed by atoms with Crippen LogP contribution in [-0.4, -0.2) is 17.5 Å². The molecule has 0 atom stereocenters. The molecule has 2 rings (SSSR count). The molecule has 118 valence electrons. The maximum absolute atomic E-state index is 12.0. The minimum atomic E-state index is -0.847. The smallest absolute Gasteiger partial charge is 0.374 e. The van der Waals surface area contributed by atoms with Crippen molar-refractivity contribution < 1.29 is 19.1 Å². The molecule has 0 spiro atoms. The minimum absolute atomic E-state index is 0.0387. The topological polar surface area (TPSA) is 60.4 Å². The van der Waals surface area contributed by atoms with E-state index in [1.807, 2.05) is 30.3 Å². The van der Waals surface area contributed by atoms with Gasteiger partial charge in [-0.05, 0) is 18.4 Å². The summed E-state index contributed by atoms with van der Waals surface area (Å²) >= 11 is 0. The number of ketones is 2. The summed E-state index contributed by atoms with van der Waals surface area (Å²) in [6, 6.07) is 9.20. The van der Waals surface area contributed by atoms with Crippen LogP contribution in [0.4, 0.5) is 0 Å². The summed E-state index contributed by atoms with van der Waals surface area (Å²) in [5.41, 5.74) is 0.835. The summed E-state index contributed by atoms with van der Waals surface area (Å²) in [5.74, 6) is -1.26. The molecule has 0 N–H and O–H groups in total. The third-order valence-electron chi connectivity index (χ3n) is 4.10. The molecule has 1 aromatic rings. The molecule has 1 aliphatic rings. The van der Waals surface area contributed by atoms with E-state index < -0.39 is 11.8 Å². The highest BCUT2D eigenvalue weighted by Crippen LogP contribution is 2.25. The van der Waals surface area contributed by atoms with Crippen LogP contribution < -0.4 is 0 Å².